The van der Waals surface area contributed by atoms with Gasteiger partial charge in [0.05, 0.1) is 5.56 Å². The van der Waals surface area contributed by atoms with Crippen molar-refractivity contribution in [2.24, 2.45) is 11.7 Å². The molecule has 1 amide bonds. The highest BCUT2D eigenvalue weighted by atomic mass is 19.1. The van der Waals surface area contributed by atoms with E-state index in [0.29, 0.717) is 11.6 Å². The minimum atomic E-state index is -0.592. The molecule has 0 aliphatic heterocycles. The van der Waals surface area contributed by atoms with E-state index < -0.39 is 5.82 Å². The minimum absolute atomic E-state index is 0.0840. The van der Waals surface area contributed by atoms with Gasteiger partial charge in [-0.1, -0.05) is 0 Å². The first kappa shape index (κ1) is 12.5. The second-order valence-electron chi connectivity index (χ2n) is 4.56. The standard InChI is InChI=1S/C13H14FN3O/c14-11-4-3-10(5-9(11)7-15)17-13(18)6-12(16)8-1-2-8/h3-5,8,12H,1-2,6,16H2,(H,17,18). The van der Waals surface area contributed by atoms with E-state index in [1.807, 2.05) is 0 Å². The average molecular weight is 247 g/mol. The normalized spacial score (nSPS) is 15.8. The second kappa shape index (κ2) is 5.15. The molecule has 0 radical (unpaired) electrons. The maximum Gasteiger partial charge on any atom is 0.225 e. The van der Waals surface area contributed by atoms with Gasteiger partial charge < -0.3 is 11.1 Å². The molecule has 0 heterocycles. The van der Waals surface area contributed by atoms with Gasteiger partial charge in [-0.05, 0) is 37.0 Å². The predicted molar refractivity (Wildman–Crippen MR) is 65.1 cm³/mol. The van der Waals surface area contributed by atoms with E-state index in [9.17, 15) is 9.18 Å². The topological polar surface area (TPSA) is 78.9 Å². The molecule has 1 atom stereocenters. The van der Waals surface area contributed by atoms with Crippen LogP contribution in [0.4, 0.5) is 10.1 Å². The molecule has 2 rings (SSSR count). The Morgan fingerprint density at radius 1 is 1.61 bits per heavy atom. The first-order valence-corrected chi connectivity index (χ1v) is 5.85. The zero-order chi connectivity index (χ0) is 13.1. The number of nitrogens with zero attached hydrogens (tertiary/aromatic N) is 1. The van der Waals surface area contributed by atoms with E-state index in [0.717, 1.165) is 18.9 Å². The summed E-state index contributed by atoms with van der Waals surface area (Å²) in [5.41, 5.74) is 6.17. The van der Waals surface area contributed by atoms with Gasteiger partial charge in [-0.15, -0.1) is 0 Å². The van der Waals surface area contributed by atoms with Crippen LogP contribution in [-0.2, 0) is 4.79 Å². The number of halogens is 1. The van der Waals surface area contributed by atoms with Gasteiger partial charge in [-0.25, -0.2) is 4.39 Å². The van der Waals surface area contributed by atoms with Crippen LogP contribution in [0.3, 0.4) is 0 Å². The van der Waals surface area contributed by atoms with Gasteiger partial charge in [0.1, 0.15) is 11.9 Å². The summed E-state index contributed by atoms with van der Waals surface area (Å²) in [7, 11) is 0. The summed E-state index contributed by atoms with van der Waals surface area (Å²) in [5.74, 6) is -0.339. The summed E-state index contributed by atoms with van der Waals surface area (Å²) in [4.78, 5) is 11.7. The van der Waals surface area contributed by atoms with Gasteiger partial charge in [0.15, 0.2) is 0 Å². The highest BCUT2D eigenvalue weighted by molar-refractivity contribution is 5.91. The maximum atomic E-state index is 13.1. The number of nitrogens with one attached hydrogen (secondary N) is 1. The Morgan fingerprint density at radius 2 is 2.33 bits per heavy atom. The van der Waals surface area contributed by atoms with E-state index in [-0.39, 0.29) is 23.9 Å². The Balaban J connectivity index is 1.96. The zero-order valence-electron chi connectivity index (χ0n) is 9.82. The van der Waals surface area contributed by atoms with E-state index in [4.69, 9.17) is 11.0 Å². The molecule has 1 saturated carbocycles. The molecule has 0 spiro atoms. The predicted octanol–water partition coefficient (Wildman–Crippen LogP) is 1.76. The lowest BCUT2D eigenvalue weighted by Gasteiger charge is -2.10. The first-order valence-electron chi connectivity index (χ1n) is 5.85. The minimum Gasteiger partial charge on any atom is -0.327 e. The number of nitriles is 1. The molecule has 0 bridgehead atoms. The van der Waals surface area contributed by atoms with Crippen molar-refractivity contribution in [3.05, 3.63) is 29.6 Å². The van der Waals surface area contributed by atoms with Crippen molar-refractivity contribution >= 4 is 11.6 Å². The van der Waals surface area contributed by atoms with E-state index in [1.54, 1.807) is 6.07 Å². The summed E-state index contributed by atoms with van der Waals surface area (Å²) in [5, 5.41) is 11.3. The zero-order valence-corrected chi connectivity index (χ0v) is 9.82. The smallest absolute Gasteiger partial charge is 0.225 e. The summed E-state index contributed by atoms with van der Waals surface area (Å²) in [6.45, 7) is 0. The summed E-state index contributed by atoms with van der Waals surface area (Å²) in [6, 6.07) is 5.52. The van der Waals surface area contributed by atoms with E-state index in [2.05, 4.69) is 5.32 Å². The van der Waals surface area contributed by atoms with Crippen LogP contribution in [0.1, 0.15) is 24.8 Å². The van der Waals surface area contributed by atoms with Crippen molar-refractivity contribution in [2.75, 3.05) is 5.32 Å². The molecule has 18 heavy (non-hydrogen) atoms. The third-order valence-electron chi connectivity index (χ3n) is 3.02. The van der Waals surface area contributed by atoms with Crippen molar-refractivity contribution in [2.45, 2.75) is 25.3 Å². The number of amides is 1. The van der Waals surface area contributed by atoms with Gasteiger partial charge in [0.2, 0.25) is 5.91 Å². The Bertz CT molecular complexity index is 505. The molecule has 3 N–H and O–H groups in total. The van der Waals surface area contributed by atoms with Gasteiger partial charge in [-0.3, -0.25) is 4.79 Å². The summed E-state index contributed by atoms with van der Waals surface area (Å²) >= 11 is 0. The fourth-order valence-electron chi connectivity index (χ4n) is 1.81. The summed E-state index contributed by atoms with van der Waals surface area (Å²) in [6.07, 6.45) is 2.43. The van der Waals surface area contributed by atoms with Crippen molar-refractivity contribution < 1.29 is 9.18 Å². The van der Waals surface area contributed by atoms with Crippen molar-refractivity contribution in [1.29, 1.82) is 5.26 Å². The largest absolute Gasteiger partial charge is 0.327 e. The van der Waals surface area contributed by atoms with Crippen LogP contribution in [0.5, 0.6) is 0 Å². The molecule has 0 aromatic heterocycles. The van der Waals surface area contributed by atoms with Crippen LogP contribution >= 0.6 is 0 Å². The van der Waals surface area contributed by atoms with E-state index >= 15 is 0 Å². The maximum absolute atomic E-state index is 13.1. The van der Waals surface area contributed by atoms with Gasteiger partial charge in [-0.2, -0.15) is 5.26 Å². The molecular formula is C13H14FN3O. The lowest BCUT2D eigenvalue weighted by atomic mass is 10.1. The fourth-order valence-corrected chi connectivity index (χ4v) is 1.81. The molecule has 1 aliphatic carbocycles. The van der Waals surface area contributed by atoms with Crippen molar-refractivity contribution in [3.63, 3.8) is 0 Å². The van der Waals surface area contributed by atoms with Crippen molar-refractivity contribution in [1.82, 2.24) is 0 Å². The molecule has 1 aliphatic rings. The monoisotopic (exact) mass is 247 g/mol. The lowest BCUT2D eigenvalue weighted by Crippen LogP contribution is -2.28. The van der Waals surface area contributed by atoms with Crippen LogP contribution in [0, 0.1) is 23.1 Å². The van der Waals surface area contributed by atoms with Gasteiger partial charge in [0.25, 0.3) is 0 Å². The Morgan fingerprint density at radius 3 is 2.94 bits per heavy atom. The third kappa shape index (κ3) is 3.05. The third-order valence-corrected chi connectivity index (χ3v) is 3.02. The summed E-state index contributed by atoms with van der Waals surface area (Å²) < 4.78 is 13.1. The van der Waals surface area contributed by atoms with Crippen LogP contribution in [0.2, 0.25) is 0 Å². The Hall–Kier alpha value is -1.93. The highest BCUT2D eigenvalue weighted by Gasteiger charge is 2.29. The number of nitrogens with two attached hydrogens (primary N) is 1. The van der Waals surface area contributed by atoms with Gasteiger partial charge >= 0.3 is 0 Å². The number of hydrogen-bond donors (Lipinski definition) is 2. The Kier molecular flexibility index (Phi) is 3.58. The number of carbonyl (C=O) groups excluding carboxylic acids is 1. The fraction of sp³-hybridized carbons (Fsp3) is 0.385. The second-order valence-corrected chi connectivity index (χ2v) is 4.56. The van der Waals surface area contributed by atoms with Crippen molar-refractivity contribution in [3.8, 4) is 6.07 Å². The molecule has 4 nitrogen and oxygen atoms in total. The molecule has 1 aromatic rings. The SMILES string of the molecule is N#Cc1cc(NC(=O)CC(N)C2CC2)ccc1F. The highest BCUT2D eigenvalue weighted by Crippen LogP contribution is 2.32. The molecule has 5 heteroatoms. The van der Waals surface area contributed by atoms with Gasteiger partial charge in [0, 0.05) is 18.2 Å². The molecule has 1 unspecified atom stereocenters. The molecule has 1 fully saturated rings. The number of hydrogen-bond acceptors (Lipinski definition) is 3. The number of benzene rings is 1. The number of rotatable bonds is 4. The quantitative estimate of drug-likeness (QED) is 0.850. The Labute approximate surface area is 105 Å². The average Bonchev–Trinajstić information content (AvgIpc) is 3.15. The van der Waals surface area contributed by atoms with Crippen LogP contribution < -0.4 is 11.1 Å². The van der Waals surface area contributed by atoms with Crippen LogP contribution in [-0.4, -0.2) is 11.9 Å². The number of carbonyl (C=O) groups is 1. The molecule has 0 saturated heterocycles. The van der Waals surface area contributed by atoms with E-state index in [1.165, 1.54) is 12.1 Å². The lowest BCUT2D eigenvalue weighted by molar-refractivity contribution is -0.116. The molecule has 1 aromatic carbocycles. The molecule has 94 valence electrons. The number of anilines is 1. The van der Waals surface area contributed by atoms with Crippen LogP contribution in [0.15, 0.2) is 18.2 Å². The molecular weight excluding hydrogens is 233 g/mol. The van der Waals surface area contributed by atoms with Crippen LogP contribution in [0.25, 0.3) is 0 Å². The first-order chi connectivity index (χ1) is 8.60.